The Morgan fingerprint density at radius 2 is 2.11 bits per heavy atom. The van der Waals surface area contributed by atoms with Crippen molar-refractivity contribution >= 4 is 11.9 Å². The number of carboxylic acid groups (broad SMARTS) is 1. The summed E-state index contributed by atoms with van der Waals surface area (Å²) in [6.45, 7) is 2.97. The van der Waals surface area contributed by atoms with Crippen LogP contribution in [0.2, 0.25) is 0 Å². The minimum absolute atomic E-state index is 0.0242. The predicted molar refractivity (Wildman–Crippen MR) is 67.3 cm³/mol. The molecule has 0 unspecified atom stereocenters. The van der Waals surface area contributed by atoms with Crippen molar-refractivity contribution in [2.75, 3.05) is 6.54 Å². The molecule has 1 amide bonds. The summed E-state index contributed by atoms with van der Waals surface area (Å²) in [5.41, 5.74) is 2.33. The van der Waals surface area contributed by atoms with Crippen LogP contribution in [0.1, 0.15) is 28.4 Å². The van der Waals surface area contributed by atoms with Gasteiger partial charge in [-0.15, -0.1) is 0 Å². The molecule has 94 valence electrons. The number of aromatic carboxylic acids is 1. The Morgan fingerprint density at radius 3 is 2.78 bits per heavy atom. The number of rotatable bonds is 2. The Balaban J connectivity index is 2.24. The number of allylic oxidation sites excluding steroid dienone is 1. The molecule has 4 nitrogen and oxygen atoms in total. The van der Waals surface area contributed by atoms with Crippen LogP contribution in [0.15, 0.2) is 30.4 Å². The van der Waals surface area contributed by atoms with Crippen molar-refractivity contribution in [3.63, 3.8) is 0 Å². The van der Waals surface area contributed by atoms with E-state index >= 15 is 0 Å². The summed E-state index contributed by atoms with van der Waals surface area (Å²) < 4.78 is 0. The predicted octanol–water partition coefficient (Wildman–Crippen LogP) is 1.85. The van der Waals surface area contributed by atoms with E-state index in [0.29, 0.717) is 13.1 Å². The molecule has 0 saturated heterocycles. The van der Waals surface area contributed by atoms with E-state index in [2.05, 4.69) is 0 Å². The summed E-state index contributed by atoms with van der Waals surface area (Å²) in [5, 5.41) is 8.95. The molecule has 0 atom stereocenters. The molecule has 1 N–H and O–H groups in total. The molecular weight excluding hydrogens is 230 g/mol. The molecule has 1 aromatic rings. The lowest BCUT2D eigenvalue weighted by Gasteiger charge is -2.28. The van der Waals surface area contributed by atoms with E-state index in [-0.39, 0.29) is 11.5 Å². The Morgan fingerprint density at radius 1 is 1.33 bits per heavy atom. The van der Waals surface area contributed by atoms with Gasteiger partial charge in [0.15, 0.2) is 0 Å². The number of carbonyl (C=O) groups is 2. The fourth-order valence-electron chi connectivity index (χ4n) is 2.13. The Labute approximate surface area is 106 Å². The van der Waals surface area contributed by atoms with Crippen LogP contribution in [0, 0.1) is 0 Å². The molecule has 1 aliphatic heterocycles. The molecule has 1 aromatic carbocycles. The highest BCUT2D eigenvalue weighted by molar-refractivity contribution is 5.89. The monoisotopic (exact) mass is 245 g/mol. The molecule has 1 heterocycles. The average Bonchev–Trinajstić information content (AvgIpc) is 2.37. The molecule has 0 bridgehead atoms. The van der Waals surface area contributed by atoms with E-state index in [1.54, 1.807) is 30.0 Å². The summed E-state index contributed by atoms with van der Waals surface area (Å²) in [6, 6.07) is 5.12. The number of hydrogen-bond acceptors (Lipinski definition) is 2. The van der Waals surface area contributed by atoms with E-state index in [4.69, 9.17) is 5.11 Å². The largest absolute Gasteiger partial charge is 0.478 e. The zero-order chi connectivity index (χ0) is 13.1. The maximum atomic E-state index is 11.7. The molecule has 0 saturated carbocycles. The lowest BCUT2D eigenvalue weighted by Crippen LogP contribution is -2.34. The highest BCUT2D eigenvalue weighted by atomic mass is 16.4. The SMILES string of the molecule is C/C=C/C(=O)N1CCc2ccc(C(=O)O)cc2C1. The van der Waals surface area contributed by atoms with Gasteiger partial charge in [0.25, 0.3) is 0 Å². The fraction of sp³-hybridized carbons (Fsp3) is 0.286. The highest BCUT2D eigenvalue weighted by Crippen LogP contribution is 2.20. The third-order valence-electron chi connectivity index (χ3n) is 3.09. The maximum absolute atomic E-state index is 11.7. The van der Waals surface area contributed by atoms with E-state index in [1.165, 1.54) is 6.08 Å². The van der Waals surface area contributed by atoms with Crippen LogP contribution < -0.4 is 0 Å². The first-order chi connectivity index (χ1) is 8.61. The number of amides is 1. The topological polar surface area (TPSA) is 57.6 Å². The Kier molecular flexibility index (Phi) is 3.46. The number of carbonyl (C=O) groups excluding carboxylic acids is 1. The molecule has 0 aliphatic carbocycles. The number of fused-ring (bicyclic) bond motifs is 1. The first-order valence-corrected chi connectivity index (χ1v) is 5.88. The quantitative estimate of drug-likeness (QED) is 0.809. The van der Waals surface area contributed by atoms with Crippen LogP contribution in [0.3, 0.4) is 0 Å². The van der Waals surface area contributed by atoms with Crippen LogP contribution in [0.25, 0.3) is 0 Å². The molecule has 0 aromatic heterocycles. The minimum Gasteiger partial charge on any atom is -0.478 e. The minimum atomic E-state index is -0.935. The van der Waals surface area contributed by atoms with Crippen LogP contribution in [0.4, 0.5) is 0 Å². The van der Waals surface area contributed by atoms with Crippen molar-refractivity contribution in [3.05, 3.63) is 47.0 Å². The number of nitrogens with zero attached hydrogens (tertiary/aromatic N) is 1. The fourth-order valence-corrected chi connectivity index (χ4v) is 2.13. The first-order valence-electron chi connectivity index (χ1n) is 5.88. The van der Waals surface area contributed by atoms with Gasteiger partial charge in [0, 0.05) is 13.1 Å². The van der Waals surface area contributed by atoms with Crippen molar-refractivity contribution in [2.24, 2.45) is 0 Å². The highest BCUT2D eigenvalue weighted by Gasteiger charge is 2.20. The maximum Gasteiger partial charge on any atom is 0.335 e. The zero-order valence-electron chi connectivity index (χ0n) is 10.2. The molecule has 0 spiro atoms. The second-order valence-electron chi connectivity index (χ2n) is 4.30. The molecular formula is C14H15NO3. The van der Waals surface area contributed by atoms with Gasteiger partial charge in [-0.3, -0.25) is 4.79 Å². The lowest BCUT2D eigenvalue weighted by atomic mass is 9.97. The zero-order valence-corrected chi connectivity index (χ0v) is 10.2. The van der Waals surface area contributed by atoms with Gasteiger partial charge in [-0.1, -0.05) is 12.1 Å². The third kappa shape index (κ3) is 2.42. The molecule has 0 fully saturated rings. The normalized spacial score (nSPS) is 14.6. The van der Waals surface area contributed by atoms with Crippen molar-refractivity contribution in [1.29, 1.82) is 0 Å². The summed E-state index contributed by atoms with van der Waals surface area (Å²) in [7, 11) is 0. The summed E-state index contributed by atoms with van der Waals surface area (Å²) in [4.78, 5) is 24.4. The summed E-state index contributed by atoms with van der Waals surface area (Å²) in [6.07, 6.45) is 4.02. The van der Waals surface area contributed by atoms with Crippen molar-refractivity contribution in [2.45, 2.75) is 19.9 Å². The lowest BCUT2D eigenvalue weighted by molar-refractivity contribution is -0.126. The van der Waals surface area contributed by atoms with E-state index in [0.717, 1.165) is 17.5 Å². The van der Waals surface area contributed by atoms with Gasteiger partial charge >= 0.3 is 5.97 Å². The first kappa shape index (κ1) is 12.4. The van der Waals surface area contributed by atoms with Gasteiger partial charge < -0.3 is 10.0 Å². The number of hydrogen-bond donors (Lipinski definition) is 1. The van der Waals surface area contributed by atoms with Gasteiger partial charge in [0.1, 0.15) is 0 Å². The third-order valence-corrected chi connectivity index (χ3v) is 3.09. The molecule has 1 aliphatic rings. The molecule has 2 rings (SSSR count). The van der Waals surface area contributed by atoms with E-state index < -0.39 is 5.97 Å². The van der Waals surface area contributed by atoms with Gasteiger partial charge in [0.2, 0.25) is 5.91 Å². The van der Waals surface area contributed by atoms with Crippen LogP contribution in [0.5, 0.6) is 0 Å². The van der Waals surface area contributed by atoms with Gasteiger partial charge in [-0.2, -0.15) is 0 Å². The van der Waals surface area contributed by atoms with E-state index in [9.17, 15) is 9.59 Å². The standard InChI is InChI=1S/C14H15NO3/c1-2-3-13(16)15-7-6-10-4-5-11(14(17)18)8-12(10)9-15/h2-5,8H,6-7,9H2,1H3,(H,17,18)/b3-2+. The second kappa shape index (κ2) is 5.04. The van der Waals surface area contributed by atoms with Gasteiger partial charge in [-0.25, -0.2) is 4.79 Å². The van der Waals surface area contributed by atoms with Gasteiger partial charge in [-0.05, 0) is 42.7 Å². The molecule has 0 radical (unpaired) electrons. The number of carboxylic acids is 1. The van der Waals surface area contributed by atoms with Crippen LogP contribution >= 0.6 is 0 Å². The Bertz CT molecular complexity index is 520. The van der Waals surface area contributed by atoms with Crippen molar-refractivity contribution in [3.8, 4) is 0 Å². The molecule has 4 heteroatoms. The van der Waals surface area contributed by atoms with E-state index in [1.807, 2.05) is 6.07 Å². The number of benzene rings is 1. The Hall–Kier alpha value is -2.10. The average molecular weight is 245 g/mol. The van der Waals surface area contributed by atoms with Crippen LogP contribution in [-0.4, -0.2) is 28.4 Å². The van der Waals surface area contributed by atoms with Crippen molar-refractivity contribution in [1.82, 2.24) is 4.90 Å². The van der Waals surface area contributed by atoms with Crippen LogP contribution in [-0.2, 0) is 17.8 Å². The van der Waals surface area contributed by atoms with Crippen molar-refractivity contribution < 1.29 is 14.7 Å². The summed E-state index contributed by atoms with van der Waals surface area (Å²) >= 11 is 0. The second-order valence-corrected chi connectivity index (χ2v) is 4.30. The summed E-state index contributed by atoms with van der Waals surface area (Å²) in [5.74, 6) is -0.960. The smallest absolute Gasteiger partial charge is 0.335 e. The van der Waals surface area contributed by atoms with Gasteiger partial charge in [0.05, 0.1) is 5.56 Å². The molecule has 18 heavy (non-hydrogen) atoms.